The van der Waals surface area contributed by atoms with E-state index in [0.29, 0.717) is 18.8 Å². The van der Waals surface area contributed by atoms with Crippen LogP contribution >= 0.6 is 11.3 Å². The third-order valence-electron chi connectivity index (χ3n) is 2.93. The first kappa shape index (κ1) is 14.7. The molecule has 2 rings (SSSR count). The molecule has 2 heterocycles. The molecular weight excluding hydrogens is 274 g/mol. The maximum absolute atomic E-state index is 12.1. The number of amides is 1. The Kier molecular flexibility index (Phi) is 4.51. The number of nitrogens with two attached hydrogens (primary N) is 1. The topological polar surface area (TPSA) is 85.8 Å². The van der Waals surface area contributed by atoms with Gasteiger partial charge in [-0.05, 0) is 20.8 Å². The van der Waals surface area contributed by atoms with Crippen molar-refractivity contribution in [3.63, 3.8) is 0 Å². The van der Waals surface area contributed by atoms with Crippen LogP contribution in [0.3, 0.4) is 0 Å². The van der Waals surface area contributed by atoms with Crippen LogP contribution in [0.15, 0.2) is 12.5 Å². The van der Waals surface area contributed by atoms with Gasteiger partial charge in [0.05, 0.1) is 23.1 Å². The SMILES string of the molecule is Cc1nc(C)c(C(C)NC(=O)c2cn(CCN)cn2)s1. The molecule has 0 aromatic carbocycles. The Hall–Kier alpha value is -1.73. The molecule has 2 aromatic rings. The molecular formula is C13H19N5OS. The minimum absolute atomic E-state index is 0.0756. The standard InChI is InChI=1S/C13H19N5OS/c1-8-12(20-10(3)16-8)9(2)17-13(19)11-6-18(5-4-14)7-15-11/h6-7,9H,4-5,14H2,1-3H3,(H,17,19). The Bertz CT molecular complexity index is 604. The van der Waals surface area contributed by atoms with Crippen LogP contribution in [0.2, 0.25) is 0 Å². The molecule has 3 N–H and O–H groups in total. The summed E-state index contributed by atoms with van der Waals surface area (Å²) >= 11 is 1.60. The number of nitrogens with zero attached hydrogens (tertiary/aromatic N) is 3. The molecule has 20 heavy (non-hydrogen) atoms. The van der Waals surface area contributed by atoms with E-state index in [4.69, 9.17) is 5.73 Å². The van der Waals surface area contributed by atoms with Crippen LogP contribution in [-0.4, -0.2) is 27.0 Å². The maximum atomic E-state index is 12.1. The van der Waals surface area contributed by atoms with E-state index in [1.807, 2.05) is 25.3 Å². The summed E-state index contributed by atoms with van der Waals surface area (Å²) in [5, 5.41) is 3.95. The summed E-state index contributed by atoms with van der Waals surface area (Å²) in [6.45, 7) is 7.05. The Morgan fingerprint density at radius 1 is 1.55 bits per heavy atom. The number of aryl methyl sites for hydroxylation is 2. The van der Waals surface area contributed by atoms with E-state index in [-0.39, 0.29) is 11.9 Å². The first-order chi connectivity index (χ1) is 9.51. The molecule has 0 bridgehead atoms. The molecule has 7 heteroatoms. The molecule has 2 aromatic heterocycles. The third-order valence-corrected chi connectivity index (χ3v) is 4.19. The normalized spacial score (nSPS) is 12.4. The van der Waals surface area contributed by atoms with Crippen LogP contribution < -0.4 is 11.1 Å². The Morgan fingerprint density at radius 2 is 2.30 bits per heavy atom. The summed E-state index contributed by atoms with van der Waals surface area (Å²) in [6, 6.07) is -0.0756. The first-order valence-electron chi connectivity index (χ1n) is 6.48. The predicted octanol–water partition coefficient (Wildman–Crippen LogP) is 1.41. The van der Waals surface area contributed by atoms with Crippen LogP contribution in [0.5, 0.6) is 0 Å². The summed E-state index contributed by atoms with van der Waals surface area (Å²) in [5.74, 6) is -0.182. The summed E-state index contributed by atoms with van der Waals surface area (Å²) < 4.78 is 1.81. The van der Waals surface area contributed by atoms with Gasteiger partial charge < -0.3 is 15.6 Å². The summed E-state index contributed by atoms with van der Waals surface area (Å²) in [5.41, 5.74) is 6.84. The van der Waals surface area contributed by atoms with Crippen molar-refractivity contribution in [2.24, 2.45) is 5.73 Å². The van der Waals surface area contributed by atoms with Gasteiger partial charge in [-0.2, -0.15) is 0 Å². The number of hydrogen-bond donors (Lipinski definition) is 2. The Morgan fingerprint density at radius 3 is 2.90 bits per heavy atom. The maximum Gasteiger partial charge on any atom is 0.271 e. The molecule has 0 radical (unpaired) electrons. The molecule has 0 aliphatic carbocycles. The molecule has 0 saturated carbocycles. The van der Waals surface area contributed by atoms with E-state index in [0.717, 1.165) is 15.6 Å². The fourth-order valence-electron chi connectivity index (χ4n) is 2.03. The average Bonchev–Trinajstić information content (AvgIpc) is 2.96. The van der Waals surface area contributed by atoms with Crippen molar-refractivity contribution in [2.75, 3.05) is 6.54 Å². The summed E-state index contributed by atoms with van der Waals surface area (Å²) in [7, 11) is 0. The molecule has 1 atom stereocenters. The van der Waals surface area contributed by atoms with Crippen LogP contribution in [0.25, 0.3) is 0 Å². The summed E-state index contributed by atoms with van der Waals surface area (Å²) in [6.07, 6.45) is 3.33. The van der Waals surface area contributed by atoms with Gasteiger partial charge in [0.1, 0.15) is 5.69 Å². The Labute approximate surface area is 122 Å². The number of rotatable bonds is 5. The van der Waals surface area contributed by atoms with Crippen molar-refractivity contribution in [1.82, 2.24) is 19.9 Å². The van der Waals surface area contributed by atoms with Crippen molar-refractivity contribution < 1.29 is 4.79 Å². The number of hydrogen-bond acceptors (Lipinski definition) is 5. The van der Waals surface area contributed by atoms with Gasteiger partial charge in [0, 0.05) is 24.2 Å². The highest BCUT2D eigenvalue weighted by Gasteiger charge is 2.17. The zero-order valence-electron chi connectivity index (χ0n) is 11.9. The quantitative estimate of drug-likeness (QED) is 0.872. The van der Waals surface area contributed by atoms with Gasteiger partial charge in [-0.15, -0.1) is 11.3 Å². The van der Waals surface area contributed by atoms with E-state index in [9.17, 15) is 4.79 Å². The van der Waals surface area contributed by atoms with Crippen LogP contribution in [0, 0.1) is 13.8 Å². The number of imidazole rings is 1. The highest BCUT2D eigenvalue weighted by Crippen LogP contribution is 2.24. The van der Waals surface area contributed by atoms with Gasteiger partial charge in [-0.1, -0.05) is 0 Å². The average molecular weight is 293 g/mol. The van der Waals surface area contributed by atoms with Crippen molar-refractivity contribution in [3.05, 3.63) is 33.8 Å². The minimum atomic E-state index is -0.182. The molecule has 6 nitrogen and oxygen atoms in total. The second-order valence-corrected chi connectivity index (χ2v) is 5.90. The molecule has 0 fully saturated rings. The van der Waals surface area contributed by atoms with Crippen molar-refractivity contribution in [1.29, 1.82) is 0 Å². The lowest BCUT2D eigenvalue weighted by atomic mass is 10.2. The smallest absolute Gasteiger partial charge is 0.271 e. The fraction of sp³-hybridized carbons (Fsp3) is 0.462. The van der Waals surface area contributed by atoms with Gasteiger partial charge >= 0.3 is 0 Å². The lowest BCUT2D eigenvalue weighted by Gasteiger charge is -2.11. The highest BCUT2D eigenvalue weighted by atomic mass is 32.1. The predicted molar refractivity (Wildman–Crippen MR) is 78.8 cm³/mol. The van der Waals surface area contributed by atoms with Crippen LogP contribution in [-0.2, 0) is 6.54 Å². The van der Waals surface area contributed by atoms with Gasteiger partial charge in [-0.25, -0.2) is 9.97 Å². The zero-order valence-corrected chi connectivity index (χ0v) is 12.7. The summed E-state index contributed by atoms with van der Waals surface area (Å²) in [4.78, 5) is 21.7. The lowest BCUT2D eigenvalue weighted by molar-refractivity contribution is 0.0935. The molecule has 1 unspecified atom stereocenters. The molecule has 0 aliphatic heterocycles. The molecule has 108 valence electrons. The van der Waals surface area contributed by atoms with E-state index in [1.165, 1.54) is 0 Å². The number of carbonyl (C=O) groups excluding carboxylic acids is 1. The van der Waals surface area contributed by atoms with Crippen molar-refractivity contribution in [2.45, 2.75) is 33.4 Å². The Balaban J connectivity index is 2.05. The first-order valence-corrected chi connectivity index (χ1v) is 7.29. The van der Waals surface area contributed by atoms with E-state index in [1.54, 1.807) is 23.9 Å². The van der Waals surface area contributed by atoms with Gasteiger partial charge in [0.2, 0.25) is 0 Å². The molecule has 0 saturated heterocycles. The van der Waals surface area contributed by atoms with E-state index in [2.05, 4.69) is 15.3 Å². The van der Waals surface area contributed by atoms with Crippen LogP contribution in [0.1, 0.15) is 39.0 Å². The fourth-order valence-corrected chi connectivity index (χ4v) is 2.96. The second-order valence-electron chi connectivity index (χ2n) is 4.66. The lowest BCUT2D eigenvalue weighted by Crippen LogP contribution is -2.26. The van der Waals surface area contributed by atoms with Crippen LogP contribution in [0.4, 0.5) is 0 Å². The monoisotopic (exact) mass is 293 g/mol. The second kappa shape index (κ2) is 6.15. The number of nitrogens with one attached hydrogen (secondary N) is 1. The molecule has 0 spiro atoms. The zero-order chi connectivity index (χ0) is 14.7. The van der Waals surface area contributed by atoms with E-state index < -0.39 is 0 Å². The number of aromatic nitrogens is 3. The number of thiazole rings is 1. The van der Waals surface area contributed by atoms with Gasteiger partial charge in [0.15, 0.2) is 0 Å². The van der Waals surface area contributed by atoms with Crippen molar-refractivity contribution in [3.8, 4) is 0 Å². The third kappa shape index (κ3) is 3.23. The molecule has 0 aliphatic rings. The van der Waals surface area contributed by atoms with Crippen molar-refractivity contribution >= 4 is 17.2 Å². The highest BCUT2D eigenvalue weighted by molar-refractivity contribution is 7.11. The molecule has 1 amide bonds. The largest absolute Gasteiger partial charge is 0.343 e. The number of carbonyl (C=O) groups is 1. The minimum Gasteiger partial charge on any atom is -0.343 e. The van der Waals surface area contributed by atoms with Gasteiger partial charge in [-0.3, -0.25) is 4.79 Å². The van der Waals surface area contributed by atoms with E-state index >= 15 is 0 Å². The van der Waals surface area contributed by atoms with Gasteiger partial charge in [0.25, 0.3) is 5.91 Å².